The first-order chi connectivity index (χ1) is 9.81. The molecule has 2 aromatic rings. The quantitative estimate of drug-likeness (QED) is 0.889. The summed E-state index contributed by atoms with van der Waals surface area (Å²) in [5.41, 5.74) is 0.836. The summed E-state index contributed by atoms with van der Waals surface area (Å²) in [6.45, 7) is 0.106. The molecular formula is C13H16N6O. The fourth-order valence-electron chi connectivity index (χ4n) is 2.40. The molecule has 20 heavy (non-hydrogen) atoms. The maximum Gasteiger partial charge on any atom is 0.243 e. The van der Waals surface area contributed by atoms with Gasteiger partial charge in [0.15, 0.2) is 0 Å². The molecule has 0 aliphatic heterocycles. The summed E-state index contributed by atoms with van der Waals surface area (Å²) >= 11 is 0. The first-order valence-electron chi connectivity index (χ1n) is 6.79. The van der Waals surface area contributed by atoms with E-state index < -0.39 is 0 Å². The van der Waals surface area contributed by atoms with Gasteiger partial charge in [-0.1, -0.05) is 12.8 Å². The van der Waals surface area contributed by atoms with Crippen LogP contribution in [0.5, 0.6) is 0 Å². The first kappa shape index (κ1) is 12.7. The van der Waals surface area contributed by atoms with Crippen molar-refractivity contribution in [3.8, 4) is 11.4 Å². The lowest BCUT2D eigenvalue weighted by Crippen LogP contribution is -2.35. The van der Waals surface area contributed by atoms with Gasteiger partial charge in [0.1, 0.15) is 6.54 Å². The molecule has 1 N–H and O–H groups in total. The number of aromatic nitrogens is 5. The molecule has 3 rings (SSSR count). The summed E-state index contributed by atoms with van der Waals surface area (Å²) in [7, 11) is 0. The summed E-state index contributed by atoms with van der Waals surface area (Å²) in [5.74, 6) is 0.441. The van der Waals surface area contributed by atoms with Crippen molar-refractivity contribution in [1.82, 2.24) is 30.5 Å². The Morgan fingerprint density at radius 1 is 1.30 bits per heavy atom. The number of tetrazole rings is 1. The van der Waals surface area contributed by atoms with Gasteiger partial charge < -0.3 is 5.32 Å². The highest BCUT2D eigenvalue weighted by molar-refractivity contribution is 5.75. The second-order valence-electron chi connectivity index (χ2n) is 4.93. The normalized spacial score (nSPS) is 15.4. The fourth-order valence-corrected chi connectivity index (χ4v) is 2.40. The fraction of sp³-hybridized carbons (Fsp3) is 0.462. The number of nitrogens with zero attached hydrogens (tertiary/aromatic N) is 5. The van der Waals surface area contributed by atoms with Crippen LogP contribution in [0.4, 0.5) is 0 Å². The van der Waals surface area contributed by atoms with Gasteiger partial charge in [0, 0.05) is 24.0 Å². The monoisotopic (exact) mass is 272 g/mol. The van der Waals surface area contributed by atoms with Crippen molar-refractivity contribution in [2.75, 3.05) is 0 Å². The number of carbonyl (C=O) groups excluding carboxylic acids is 1. The van der Waals surface area contributed by atoms with E-state index in [1.54, 1.807) is 24.5 Å². The lowest BCUT2D eigenvalue weighted by atomic mass is 10.2. The number of nitrogens with one attached hydrogen (secondary N) is 1. The van der Waals surface area contributed by atoms with Crippen LogP contribution in [-0.2, 0) is 11.3 Å². The Labute approximate surface area is 116 Å². The second kappa shape index (κ2) is 5.77. The average Bonchev–Trinajstić information content (AvgIpc) is 3.11. The number of amides is 1. The van der Waals surface area contributed by atoms with Gasteiger partial charge in [-0.2, -0.15) is 4.80 Å². The van der Waals surface area contributed by atoms with Crippen molar-refractivity contribution in [2.24, 2.45) is 0 Å². The number of rotatable bonds is 4. The molecular weight excluding hydrogens is 256 g/mol. The summed E-state index contributed by atoms with van der Waals surface area (Å²) in [5, 5.41) is 15.0. The molecule has 7 heteroatoms. The maximum atomic E-state index is 11.9. The molecule has 0 radical (unpaired) electrons. The van der Waals surface area contributed by atoms with Crippen LogP contribution < -0.4 is 5.32 Å². The standard InChI is InChI=1S/C13H16N6O/c20-12(15-11-3-1-2-4-11)9-19-17-13(16-18-19)10-5-7-14-8-6-10/h5-8,11H,1-4,9H2,(H,15,20). The van der Waals surface area contributed by atoms with Crippen LogP contribution in [0.3, 0.4) is 0 Å². The lowest BCUT2D eigenvalue weighted by Gasteiger charge is -2.10. The van der Waals surface area contributed by atoms with E-state index in [2.05, 4.69) is 25.7 Å². The second-order valence-corrected chi connectivity index (χ2v) is 4.93. The van der Waals surface area contributed by atoms with Crippen LogP contribution in [-0.4, -0.2) is 37.1 Å². The minimum atomic E-state index is -0.0596. The summed E-state index contributed by atoms with van der Waals surface area (Å²) in [6, 6.07) is 3.92. The van der Waals surface area contributed by atoms with Gasteiger partial charge in [-0.3, -0.25) is 9.78 Å². The highest BCUT2D eigenvalue weighted by Crippen LogP contribution is 2.17. The van der Waals surface area contributed by atoms with Gasteiger partial charge in [0.25, 0.3) is 0 Å². The van der Waals surface area contributed by atoms with Gasteiger partial charge in [-0.15, -0.1) is 10.2 Å². The van der Waals surface area contributed by atoms with Crippen molar-refractivity contribution >= 4 is 5.91 Å². The van der Waals surface area contributed by atoms with E-state index in [1.165, 1.54) is 17.6 Å². The van der Waals surface area contributed by atoms with Gasteiger partial charge in [0.05, 0.1) is 0 Å². The van der Waals surface area contributed by atoms with Crippen LogP contribution in [0.15, 0.2) is 24.5 Å². The van der Waals surface area contributed by atoms with Crippen molar-refractivity contribution in [2.45, 2.75) is 38.3 Å². The molecule has 7 nitrogen and oxygen atoms in total. The van der Waals surface area contributed by atoms with Crippen LogP contribution in [0, 0.1) is 0 Å². The number of pyridine rings is 1. The van der Waals surface area contributed by atoms with E-state index in [-0.39, 0.29) is 12.5 Å². The topological polar surface area (TPSA) is 85.6 Å². The lowest BCUT2D eigenvalue weighted by molar-refractivity contribution is -0.122. The molecule has 0 atom stereocenters. The molecule has 2 aromatic heterocycles. The van der Waals surface area contributed by atoms with E-state index in [1.807, 2.05) is 0 Å². The van der Waals surface area contributed by atoms with Crippen molar-refractivity contribution in [3.63, 3.8) is 0 Å². The van der Waals surface area contributed by atoms with Crippen molar-refractivity contribution < 1.29 is 4.79 Å². The van der Waals surface area contributed by atoms with Crippen LogP contribution in [0.25, 0.3) is 11.4 Å². The zero-order valence-electron chi connectivity index (χ0n) is 11.1. The molecule has 1 saturated carbocycles. The van der Waals surface area contributed by atoms with Crippen molar-refractivity contribution in [1.29, 1.82) is 0 Å². The SMILES string of the molecule is O=C(Cn1nnc(-c2ccncc2)n1)NC1CCCC1. The van der Waals surface area contributed by atoms with E-state index in [9.17, 15) is 4.79 Å². The van der Waals surface area contributed by atoms with E-state index in [4.69, 9.17) is 0 Å². The molecule has 1 aliphatic carbocycles. The molecule has 0 spiro atoms. The molecule has 1 amide bonds. The molecule has 2 heterocycles. The third-order valence-electron chi connectivity index (χ3n) is 3.40. The number of hydrogen-bond donors (Lipinski definition) is 1. The van der Waals surface area contributed by atoms with E-state index in [0.29, 0.717) is 11.9 Å². The Bertz CT molecular complexity index is 576. The third-order valence-corrected chi connectivity index (χ3v) is 3.40. The Balaban J connectivity index is 1.61. The summed E-state index contributed by atoms with van der Waals surface area (Å²) < 4.78 is 0. The molecule has 0 saturated heterocycles. The van der Waals surface area contributed by atoms with Crippen LogP contribution in [0.2, 0.25) is 0 Å². The van der Waals surface area contributed by atoms with Crippen LogP contribution in [0.1, 0.15) is 25.7 Å². The van der Waals surface area contributed by atoms with Gasteiger partial charge in [-0.05, 0) is 30.2 Å². The minimum absolute atomic E-state index is 0.0596. The number of hydrogen-bond acceptors (Lipinski definition) is 5. The highest BCUT2D eigenvalue weighted by Gasteiger charge is 2.17. The van der Waals surface area contributed by atoms with Crippen LogP contribution >= 0.6 is 0 Å². The average molecular weight is 272 g/mol. The largest absolute Gasteiger partial charge is 0.352 e. The summed E-state index contributed by atoms with van der Waals surface area (Å²) in [4.78, 5) is 17.1. The first-order valence-corrected chi connectivity index (χ1v) is 6.79. The molecule has 1 fully saturated rings. The van der Waals surface area contributed by atoms with Gasteiger partial charge in [-0.25, -0.2) is 0 Å². The Hall–Kier alpha value is -2.31. The zero-order chi connectivity index (χ0) is 13.8. The Morgan fingerprint density at radius 3 is 2.80 bits per heavy atom. The summed E-state index contributed by atoms with van der Waals surface area (Å²) in [6.07, 6.45) is 7.86. The third kappa shape index (κ3) is 2.98. The molecule has 1 aliphatic rings. The van der Waals surface area contributed by atoms with Crippen molar-refractivity contribution in [3.05, 3.63) is 24.5 Å². The molecule has 0 aromatic carbocycles. The highest BCUT2D eigenvalue weighted by atomic mass is 16.2. The zero-order valence-corrected chi connectivity index (χ0v) is 11.1. The van der Waals surface area contributed by atoms with E-state index >= 15 is 0 Å². The molecule has 104 valence electrons. The van der Waals surface area contributed by atoms with Gasteiger partial charge >= 0.3 is 0 Å². The molecule has 0 bridgehead atoms. The van der Waals surface area contributed by atoms with E-state index in [0.717, 1.165) is 18.4 Å². The Morgan fingerprint density at radius 2 is 2.05 bits per heavy atom. The number of carbonyl (C=O) groups is 1. The minimum Gasteiger partial charge on any atom is -0.352 e. The predicted octanol–water partition coefficient (Wildman–Crippen LogP) is 0.794. The maximum absolute atomic E-state index is 11.9. The van der Waals surface area contributed by atoms with Gasteiger partial charge in [0.2, 0.25) is 11.7 Å². The molecule has 0 unspecified atom stereocenters. The predicted molar refractivity (Wildman–Crippen MR) is 71.4 cm³/mol. The Kier molecular flexibility index (Phi) is 3.67. The smallest absolute Gasteiger partial charge is 0.243 e.